The van der Waals surface area contributed by atoms with Crippen LogP contribution in [0.1, 0.15) is 134 Å². The van der Waals surface area contributed by atoms with Crippen LogP contribution in [0.25, 0.3) is 5.57 Å². The average molecular weight is 529 g/mol. The molecule has 3 aliphatic rings. The summed E-state index contributed by atoms with van der Waals surface area (Å²) in [4.78, 5) is 0. The van der Waals surface area contributed by atoms with Crippen molar-refractivity contribution < 1.29 is 10.2 Å². The monoisotopic (exact) mass is 528 g/mol. The molecule has 0 radical (unpaired) electrons. The van der Waals surface area contributed by atoms with Crippen molar-refractivity contribution in [2.24, 2.45) is 5.92 Å². The van der Waals surface area contributed by atoms with E-state index >= 15 is 0 Å². The van der Waals surface area contributed by atoms with E-state index < -0.39 is 0 Å². The maximum atomic E-state index is 9.86. The van der Waals surface area contributed by atoms with Gasteiger partial charge in [0.15, 0.2) is 0 Å². The number of rotatable bonds is 7. The highest BCUT2D eigenvalue weighted by Gasteiger charge is 2.52. The predicted molar refractivity (Wildman–Crippen MR) is 165 cm³/mol. The van der Waals surface area contributed by atoms with Crippen molar-refractivity contribution in [2.45, 2.75) is 127 Å². The SMILES string of the molecule is C/C(=C/CO)c1ccc2c(c1)C(C)(C)CCC2(C)CCC1(C)CCC(C)(C)c2ccc([C@@]3(C)C[C@H]3CO)cc21. The van der Waals surface area contributed by atoms with Crippen LogP contribution in [-0.4, -0.2) is 23.4 Å². The number of hydrogen-bond donors (Lipinski definition) is 2. The summed E-state index contributed by atoms with van der Waals surface area (Å²) in [5.74, 6) is 0.403. The lowest BCUT2D eigenvalue weighted by atomic mass is 9.56. The third kappa shape index (κ3) is 4.84. The van der Waals surface area contributed by atoms with Gasteiger partial charge in [-0.15, -0.1) is 0 Å². The van der Waals surface area contributed by atoms with Crippen molar-refractivity contribution in [1.29, 1.82) is 0 Å². The third-order valence-corrected chi connectivity index (χ3v) is 11.8. The molecule has 1 fully saturated rings. The van der Waals surface area contributed by atoms with Crippen molar-refractivity contribution in [3.63, 3.8) is 0 Å². The Labute approximate surface area is 237 Å². The molecule has 0 bridgehead atoms. The molecular formula is C37H52O2. The van der Waals surface area contributed by atoms with Gasteiger partial charge in [-0.05, 0) is 124 Å². The number of benzene rings is 2. The molecule has 0 aromatic heterocycles. The topological polar surface area (TPSA) is 40.5 Å². The second kappa shape index (κ2) is 9.59. The van der Waals surface area contributed by atoms with Gasteiger partial charge < -0.3 is 10.2 Å². The number of aliphatic hydroxyl groups excluding tert-OH is 2. The van der Waals surface area contributed by atoms with Crippen molar-refractivity contribution in [3.8, 4) is 0 Å². The van der Waals surface area contributed by atoms with Crippen LogP contribution in [0.5, 0.6) is 0 Å². The molecule has 0 amide bonds. The van der Waals surface area contributed by atoms with Gasteiger partial charge in [0, 0.05) is 6.61 Å². The minimum Gasteiger partial charge on any atom is -0.396 e. The summed E-state index contributed by atoms with van der Waals surface area (Å²) in [6.07, 6.45) is 10.3. The van der Waals surface area contributed by atoms with Crippen molar-refractivity contribution >= 4 is 5.57 Å². The van der Waals surface area contributed by atoms with Crippen LogP contribution >= 0.6 is 0 Å². The van der Waals surface area contributed by atoms with E-state index in [4.69, 9.17) is 0 Å². The van der Waals surface area contributed by atoms with Crippen LogP contribution in [0, 0.1) is 5.92 Å². The molecule has 5 rings (SSSR count). The summed E-state index contributed by atoms with van der Waals surface area (Å²) in [5, 5.41) is 19.3. The largest absolute Gasteiger partial charge is 0.396 e. The van der Waals surface area contributed by atoms with Gasteiger partial charge in [-0.2, -0.15) is 0 Å². The van der Waals surface area contributed by atoms with Crippen LogP contribution < -0.4 is 0 Å². The van der Waals surface area contributed by atoms with Crippen LogP contribution in [0.15, 0.2) is 42.5 Å². The maximum Gasteiger partial charge on any atom is 0.0618 e. The van der Waals surface area contributed by atoms with E-state index in [-0.39, 0.29) is 33.7 Å². The van der Waals surface area contributed by atoms with E-state index in [1.165, 1.54) is 66.3 Å². The van der Waals surface area contributed by atoms with E-state index in [9.17, 15) is 10.2 Å². The number of allylic oxidation sites excluding steroid dienone is 1. The fourth-order valence-electron chi connectivity index (χ4n) is 7.98. The molecule has 2 aromatic rings. The third-order valence-electron chi connectivity index (χ3n) is 11.8. The number of fused-ring (bicyclic) bond motifs is 2. The first-order chi connectivity index (χ1) is 18.2. The molecule has 2 aromatic carbocycles. The Kier molecular flexibility index (Phi) is 7.04. The van der Waals surface area contributed by atoms with Gasteiger partial charge >= 0.3 is 0 Å². The van der Waals surface area contributed by atoms with E-state index in [2.05, 4.69) is 91.8 Å². The lowest BCUT2D eigenvalue weighted by Gasteiger charge is -2.48. The molecule has 0 spiro atoms. The molecule has 0 saturated heterocycles. The summed E-state index contributed by atoms with van der Waals surface area (Å²) in [5.41, 5.74) is 10.8. The Hall–Kier alpha value is -1.90. The van der Waals surface area contributed by atoms with E-state index in [1.807, 2.05) is 6.08 Å². The van der Waals surface area contributed by atoms with Crippen molar-refractivity contribution in [3.05, 3.63) is 75.9 Å². The van der Waals surface area contributed by atoms with E-state index in [0.29, 0.717) is 12.5 Å². The van der Waals surface area contributed by atoms with Crippen LogP contribution in [-0.2, 0) is 27.1 Å². The van der Waals surface area contributed by atoms with Gasteiger partial charge in [0.1, 0.15) is 0 Å². The smallest absolute Gasteiger partial charge is 0.0618 e. The standard InChI is InChI=1S/C37H52O2/c1-25(13-20-38)26-9-11-30-31(21-26)34(4,5)15-16-35(30,6)18-19-36(7)17-14-33(2,3)29-12-10-27(22-32(29)36)37(8)23-28(37)24-39/h9-13,21-22,28,38-39H,14-20,23-24H2,1-8H3/b25-13-/t28-,35?,36?,37+/m0/s1. The molecule has 2 N–H and O–H groups in total. The Bertz CT molecular complexity index is 1280. The number of hydrogen-bond acceptors (Lipinski definition) is 2. The maximum absolute atomic E-state index is 9.86. The van der Waals surface area contributed by atoms with Crippen molar-refractivity contribution in [1.82, 2.24) is 0 Å². The van der Waals surface area contributed by atoms with Gasteiger partial charge in [-0.1, -0.05) is 90.9 Å². The lowest BCUT2D eigenvalue weighted by Crippen LogP contribution is -2.40. The van der Waals surface area contributed by atoms with Crippen LogP contribution in [0.3, 0.4) is 0 Å². The van der Waals surface area contributed by atoms with Gasteiger partial charge in [0.2, 0.25) is 0 Å². The van der Waals surface area contributed by atoms with E-state index in [1.54, 1.807) is 5.56 Å². The zero-order valence-corrected chi connectivity index (χ0v) is 25.9. The van der Waals surface area contributed by atoms with E-state index in [0.717, 1.165) is 12.0 Å². The average Bonchev–Trinajstić information content (AvgIpc) is 3.59. The normalized spacial score (nSPS) is 32.9. The van der Waals surface area contributed by atoms with Gasteiger partial charge in [-0.25, -0.2) is 0 Å². The fourth-order valence-corrected chi connectivity index (χ4v) is 7.98. The van der Waals surface area contributed by atoms with Crippen LogP contribution in [0.2, 0.25) is 0 Å². The molecule has 212 valence electrons. The Morgan fingerprint density at radius 3 is 1.92 bits per heavy atom. The van der Waals surface area contributed by atoms with Gasteiger partial charge in [-0.3, -0.25) is 0 Å². The second-order valence-electron chi connectivity index (χ2n) is 15.5. The fraction of sp³-hybridized carbons (Fsp3) is 0.622. The minimum absolute atomic E-state index is 0.0857. The highest BCUT2D eigenvalue weighted by molar-refractivity contribution is 5.66. The quantitative estimate of drug-likeness (QED) is 0.378. The molecule has 39 heavy (non-hydrogen) atoms. The van der Waals surface area contributed by atoms with Crippen LogP contribution in [0.4, 0.5) is 0 Å². The molecule has 3 aliphatic carbocycles. The molecule has 0 heterocycles. The number of aliphatic hydroxyl groups is 2. The highest BCUT2D eigenvalue weighted by Crippen LogP contribution is 2.57. The molecule has 2 heteroatoms. The predicted octanol–water partition coefficient (Wildman–Crippen LogP) is 8.49. The molecular weight excluding hydrogens is 476 g/mol. The Morgan fingerprint density at radius 2 is 1.33 bits per heavy atom. The minimum atomic E-state index is 0.0857. The molecule has 4 atom stereocenters. The summed E-state index contributed by atoms with van der Waals surface area (Å²) in [6, 6.07) is 14.4. The Morgan fingerprint density at radius 1 is 0.744 bits per heavy atom. The first-order valence-electron chi connectivity index (χ1n) is 15.4. The molecule has 1 saturated carbocycles. The first kappa shape index (κ1) is 28.6. The lowest BCUT2D eigenvalue weighted by molar-refractivity contribution is 0.238. The second-order valence-corrected chi connectivity index (χ2v) is 15.5. The van der Waals surface area contributed by atoms with Gasteiger partial charge in [0.05, 0.1) is 6.61 Å². The first-order valence-corrected chi connectivity index (χ1v) is 15.4. The molecule has 0 aliphatic heterocycles. The molecule has 2 nitrogen and oxygen atoms in total. The molecule has 2 unspecified atom stereocenters. The summed E-state index contributed by atoms with van der Waals surface area (Å²) in [7, 11) is 0. The zero-order valence-electron chi connectivity index (χ0n) is 25.9. The Balaban J connectivity index is 1.48. The summed E-state index contributed by atoms with van der Waals surface area (Å²) in [6.45, 7) is 19.5. The zero-order chi connectivity index (χ0) is 28.4. The van der Waals surface area contributed by atoms with Crippen molar-refractivity contribution in [2.75, 3.05) is 13.2 Å². The summed E-state index contributed by atoms with van der Waals surface area (Å²) < 4.78 is 0. The highest BCUT2D eigenvalue weighted by atomic mass is 16.3. The summed E-state index contributed by atoms with van der Waals surface area (Å²) >= 11 is 0. The van der Waals surface area contributed by atoms with Gasteiger partial charge in [0.25, 0.3) is 0 Å².